The maximum Gasteiger partial charge on any atom is 0.249 e. The normalized spacial score (nSPS) is 20.4. The second-order valence-corrected chi connectivity index (χ2v) is 11.0. The lowest BCUT2D eigenvalue weighted by Crippen LogP contribution is -2.38. The fourth-order valence-electron chi connectivity index (χ4n) is 5.66. The molecule has 3 aromatic rings. The summed E-state index contributed by atoms with van der Waals surface area (Å²) in [6.45, 7) is 1.96. The molecular weight excluding hydrogens is 537 g/mol. The van der Waals surface area contributed by atoms with E-state index in [2.05, 4.69) is 20.2 Å². The number of ether oxygens (including phenoxy) is 1. The topological polar surface area (TPSA) is 127 Å². The van der Waals surface area contributed by atoms with Crippen LogP contribution in [0.3, 0.4) is 0 Å². The summed E-state index contributed by atoms with van der Waals surface area (Å²) in [4.78, 5) is 22.7. The van der Waals surface area contributed by atoms with Gasteiger partial charge in [0.2, 0.25) is 5.91 Å². The number of hydrogen-bond donors (Lipinski definition) is 3. The lowest BCUT2D eigenvalue weighted by atomic mass is 9.97. The Labute approximate surface area is 237 Å². The number of benzene rings is 1. The Hall–Kier alpha value is -3.21. The van der Waals surface area contributed by atoms with Crippen LogP contribution in [-0.4, -0.2) is 57.3 Å². The Morgan fingerprint density at radius 1 is 1.32 bits per heavy atom. The molecular formula is C29H35ClFN5O4. The molecule has 2 unspecified atom stereocenters. The molecule has 11 heteroatoms. The number of halogens is 2. The number of carbonyl (C=O) groups excluding carboxylic acids is 1. The quantitative estimate of drug-likeness (QED) is 0.305. The van der Waals surface area contributed by atoms with E-state index in [0.29, 0.717) is 72.4 Å². The minimum atomic E-state index is -0.861. The average molecular weight is 572 g/mol. The predicted molar refractivity (Wildman–Crippen MR) is 149 cm³/mol. The van der Waals surface area contributed by atoms with Crippen molar-refractivity contribution in [1.82, 2.24) is 14.9 Å². The van der Waals surface area contributed by atoms with Crippen molar-refractivity contribution in [3.8, 4) is 5.75 Å². The number of nitrogens with two attached hydrogens (primary N) is 1. The van der Waals surface area contributed by atoms with Crippen molar-refractivity contribution >= 4 is 23.3 Å². The van der Waals surface area contributed by atoms with Crippen LogP contribution in [0.15, 0.2) is 41.4 Å². The molecule has 2 aromatic heterocycles. The van der Waals surface area contributed by atoms with Crippen LogP contribution in [0.4, 0.5) is 10.2 Å². The summed E-state index contributed by atoms with van der Waals surface area (Å²) in [6, 6.07) is 5.33. The van der Waals surface area contributed by atoms with E-state index < -0.39 is 18.2 Å². The largest absolute Gasteiger partial charge is 0.484 e. The van der Waals surface area contributed by atoms with Crippen LogP contribution in [0.2, 0.25) is 5.02 Å². The number of β-amino-alcohol motifs (C(OH)–C–C–N with tert-alkyl or cyclic N) is 1. The van der Waals surface area contributed by atoms with Gasteiger partial charge in [-0.25, -0.2) is 14.4 Å². The number of rotatable bonds is 10. The Balaban J connectivity index is 1.24. The summed E-state index contributed by atoms with van der Waals surface area (Å²) in [5, 5.41) is 15.1. The molecule has 1 aliphatic heterocycles. The van der Waals surface area contributed by atoms with Crippen LogP contribution in [0.5, 0.6) is 5.75 Å². The SMILES string of the molecule is NC(=O)c1ccnc(NC2CCCCC(F)C2)c1C[C@H](O)CN1CCc2c(ccc(OCc3cnco3)c2Cl)C1. The van der Waals surface area contributed by atoms with Crippen molar-refractivity contribution < 1.29 is 23.4 Å². The van der Waals surface area contributed by atoms with Crippen LogP contribution >= 0.6 is 11.6 Å². The van der Waals surface area contributed by atoms with Crippen LogP contribution in [0.1, 0.15) is 64.9 Å². The number of oxazole rings is 1. The fourth-order valence-corrected chi connectivity index (χ4v) is 5.99. The van der Waals surface area contributed by atoms with Gasteiger partial charge in [-0.05, 0) is 48.9 Å². The first-order valence-electron chi connectivity index (χ1n) is 13.8. The van der Waals surface area contributed by atoms with E-state index in [4.69, 9.17) is 26.5 Å². The molecule has 1 aliphatic carbocycles. The van der Waals surface area contributed by atoms with Gasteiger partial charge in [0.05, 0.1) is 17.3 Å². The number of hydrogen-bond acceptors (Lipinski definition) is 8. The molecule has 1 fully saturated rings. The van der Waals surface area contributed by atoms with Crippen LogP contribution in [-0.2, 0) is 26.0 Å². The average Bonchev–Trinajstić information content (AvgIpc) is 3.36. The molecule has 40 heavy (non-hydrogen) atoms. The first kappa shape index (κ1) is 28.3. The number of amides is 1. The highest BCUT2D eigenvalue weighted by Gasteiger charge is 2.26. The van der Waals surface area contributed by atoms with Gasteiger partial charge in [-0.3, -0.25) is 9.69 Å². The van der Waals surface area contributed by atoms with Crippen molar-refractivity contribution in [2.24, 2.45) is 5.73 Å². The van der Waals surface area contributed by atoms with Crippen molar-refractivity contribution in [2.75, 3.05) is 18.4 Å². The lowest BCUT2D eigenvalue weighted by molar-refractivity contribution is 0.0989. The van der Waals surface area contributed by atoms with Gasteiger partial charge in [-0.15, -0.1) is 0 Å². The summed E-state index contributed by atoms with van der Waals surface area (Å²) < 4.78 is 25.3. The maximum atomic E-state index is 14.2. The molecule has 0 saturated heterocycles. The molecule has 4 N–H and O–H groups in total. The summed E-state index contributed by atoms with van der Waals surface area (Å²) in [5.74, 6) is 1.11. The van der Waals surface area contributed by atoms with E-state index in [1.807, 2.05) is 12.1 Å². The molecule has 0 spiro atoms. The number of alkyl halides is 1. The fraction of sp³-hybridized carbons (Fsp3) is 0.483. The van der Waals surface area contributed by atoms with E-state index in [9.17, 15) is 14.3 Å². The highest BCUT2D eigenvalue weighted by Crippen LogP contribution is 2.35. The zero-order valence-electron chi connectivity index (χ0n) is 22.3. The molecule has 5 rings (SSSR count). The third-order valence-electron chi connectivity index (χ3n) is 7.66. The van der Waals surface area contributed by atoms with Gasteiger partial charge in [0.15, 0.2) is 12.2 Å². The smallest absolute Gasteiger partial charge is 0.249 e. The Morgan fingerprint density at radius 2 is 2.17 bits per heavy atom. The van der Waals surface area contributed by atoms with E-state index in [1.165, 1.54) is 12.6 Å². The molecule has 2 aliphatic rings. The van der Waals surface area contributed by atoms with Crippen molar-refractivity contribution in [3.63, 3.8) is 0 Å². The van der Waals surface area contributed by atoms with Gasteiger partial charge >= 0.3 is 0 Å². The number of aliphatic hydroxyl groups excluding tert-OH is 1. The summed E-state index contributed by atoms with van der Waals surface area (Å²) in [6.07, 6.45) is 7.33. The number of anilines is 1. The van der Waals surface area contributed by atoms with Gasteiger partial charge < -0.3 is 25.3 Å². The number of aromatic nitrogens is 2. The number of primary amides is 1. The first-order chi connectivity index (χ1) is 19.4. The molecule has 3 atom stereocenters. The summed E-state index contributed by atoms with van der Waals surface area (Å²) in [7, 11) is 0. The van der Waals surface area contributed by atoms with Crippen LogP contribution < -0.4 is 15.8 Å². The highest BCUT2D eigenvalue weighted by molar-refractivity contribution is 6.33. The molecule has 0 bridgehead atoms. The maximum absolute atomic E-state index is 14.2. The van der Waals surface area contributed by atoms with E-state index >= 15 is 0 Å². The minimum Gasteiger partial charge on any atom is -0.484 e. The zero-order valence-corrected chi connectivity index (χ0v) is 23.1. The zero-order chi connectivity index (χ0) is 28.1. The number of nitrogens with one attached hydrogen (secondary N) is 1. The van der Waals surface area contributed by atoms with Crippen molar-refractivity contribution in [2.45, 2.75) is 76.4 Å². The molecule has 1 amide bonds. The molecule has 3 heterocycles. The molecule has 0 radical (unpaired) electrons. The Kier molecular flexibility index (Phi) is 9.18. The molecule has 9 nitrogen and oxygen atoms in total. The number of carbonyl (C=O) groups is 1. The second-order valence-electron chi connectivity index (χ2n) is 10.6. The minimum absolute atomic E-state index is 0.0861. The van der Waals surface area contributed by atoms with Crippen LogP contribution in [0.25, 0.3) is 0 Å². The van der Waals surface area contributed by atoms with Gasteiger partial charge in [0, 0.05) is 49.4 Å². The molecule has 214 valence electrons. The van der Waals surface area contributed by atoms with Crippen molar-refractivity contribution in [3.05, 3.63) is 70.0 Å². The third-order valence-corrected chi connectivity index (χ3v) is 8.08. The summed E-state index contributed by atoms with van der Waals surface area (Å²) in [5.41, 5.74) is 8.67. The monoisotopic (exact) mass is 571 g/mol. The predicted octanol–water partition coefficient (Wildman–Crippen LogP) is 4.45. The Morgan fingerprint density at radius 3 is 2.98 bits per heavy atom. The highest BCUT2D eigenvalue weighted by atomic mass is 35.5. The molecule has 1 saturated carbocycles. The van der Waals surface area contributed by atoms with E-state index in [-0.39, 0.29) is 19.1 Å². The standard InChI is InChI=1S/C29H35ClFN5O4/c30-27-23-8-10-36(14-18(23)5-6-26(27)39-16-22-13-33-17-40-22)15-21(37)12-25-24(28(32)38)7-9-34-29(25)35-20-4-2-1-3-19(31)11-20/h5-7,9,13,17,19-21,37H,1-4,8,10-12,14-16H2,(H2,32,38)(H,34,35)/t19?,20?,21-/m0/s1. The van der Waals surface area contributed by atoms with E-state index in [1.54, 1.807) is 12.3 Å². The number of nitrogens with zero attached hydrogens (tertiary/aromatic N) is 3. The third kappa shape index (κ3) is 6.92. The second kappa shape index (κ2) is 13.0. The van der Waals surface area contributed by atoms with Gasteiger partial charge in [0.25, 0.3) is 0 Å². The van der Waals surface area contributed by atoms with E-state index in [0.717, 1.165) is 30.4 Å². The van der Waals surface area contributed by atoms with Crippen molar-refractivity contribution in [1.29, 1.82) is 0 Å². The van der Waals surface area contributed by atoms with Crippen LogP contribution in [0, 0.1) is 0 Å². The summed E-state index contributed by atoms with van der Waals surface area (Å²) >= 11 is 6.67. The number of aliphatic hydroxyl groups is 1. The molecule has 1 aromatic carbocycles. The number of fused-ring (bicyclic) bond motifs is 1. The first-order valence-corrected chi connectivity index (χ1v) is 14.1. The van der Waals surface area contributed by atoms with Gasteiger partial charge in [-0.1, -0.05) is 30.5 Å². The van der Waals surface area contributed by atoms with Gasteiger partial charge in [-0.2, -0.15) is 0 Å². The van der Waals surface area contributed by atoms with Gasteiger partial charge in [0.1, 0.15) is 24.3 Å². The lowest BCUT2D eigenvalue weighted by Gasteiger charge is -2.31. The Bertz CT molecular complexity index is 1310. The number of pyridine rings is 1.